The second-order valence-corrected chi connectivity index (χ2v) is 6.60. The molecule has 0 atom stereocenters. The summed E-state index contributed by atoms with van der Waals surface area (Å²) in [5.74, 6) is 1.82. The summed E-state index contributed by atoms with van der Waals surface area (Å²) in [7, 11) is 1.85. The number of halogens is 1. The Morgan fingerprint density at radius 1 is 1.30 bits per heavy atom. The molecule has 2 rings (SSSR count). The van der Waals surface area contributed by atoms with Crippen LogP contribution in [0.4, 0.5) is 0 Å². The van der Waals surface area contributed by atoms with Crippen molar-refractivity contribution in [3.63, 3.8) is 0 Å². The standard InChI is InChI=1S/C17H31N5.HI/c1-13-6-8-16(9-7-13)20-17(18-4)19-10-5-11-22-15(3)12-14(2)21-22;/h12-13,16H,5-11H2,1-4H3,(H2,18,19,20);1H. The van der Waals surface area contributed by atoms with E-state index < -0.39 is 0 Å². The first-order valence-electron chi connectivity index (χ1n) is 8.56. The lowest BCUT2D eigenvalue weighted by atomic mass is 9.87. The van der Waals surface area contributed by atoms with E-state index in [2.05, 4.69) is 45.3 Å². The van der Waals surface area contributed by atoms with Crippen LogP contribution in [0.15, 0.2) is 11.1 Å². The van der Waals surface area contributed by atoms with Crippen molar-refractivity contribution in [1.29, 1.82) is 0 Å². The first-order chi connectivity index (χ1) is 10.6. The monoisotopic (exact) mass is 433 g/mol. The Labute approximate surface area is 157 Å². The molecule has 0 unspecified atom stereocenters. The topological polar surface area (TPSA) is 54.2 Å². The van der Waals surface area contributed by atoms with E-state index in [0.29, 0.717) is 6.04 Å². The Balaban J connectivity index is 0.00000264. The molecule has 1 heterocycles. The highest BCUT2D eigenvalue weighted by Crippen LogP contribution is 2.23. The molecule has 132 valence electrons. The maximum absolute atomic E-state index is 4.49. The van der Waals surface area contributed by atoms with Gasteiger partial charge in [0.05, 0.1) is 5.69 Å². The Morgan fingerprint density at radius 2 is 2.00 bits per heavy atom. The van der Waals surface area contributed by atoms with Gasteiger partial charge in [-0.3, -0.25) is 9.67 Å². The average Bonchev–Trinajstić information content (AvgIpc) is 2.82. The predicted octanol–water partition coefficient (Wildman–Crippen LogP) is 3.25. The van der Waals surface area contributed by atoms with Crippen LogP contribution in [0.5, 0.6) is 0 Å². The first-order valence-corrected chi connectivity index (χ1v) is 8.56. The summed E-state index contributed by atoms with van der Waals surface area (Å²) < 4.78 is 2.08. The molecule has 1 aromatic rings. The molecule has 0 saturated heterocycles. The normalized spacial score (nSPS) is 21.7. The number of aromatic nitrogens is 2. The molecule has 1 aromatic heterocycles. The van der Waals surface area contributed by atoms with Crippen LogP contribution in [-0.4, -0.2) is 35.4 Å². The molecular formula is C17H32IN5. The minimum absolute atomic E-state index is 0. The second-order valence-electron chi connectivity index (χ2n) is 6.60. The van der Waals surface area contributed by atoms with Gasteiger partial charge in [0, 0.05) is 31.9 Å². The lowest BCUT2D eigenvalue weighted by molar-refractivity contribution is 0.329. The largest absolute Gasteiger partial charge is 0.356 e. The third-order valence-electron chi connectivity index (χ3n) is 4.52. The van der Waals surface area contributed by atoms with Crippen molar-refractivity contribution in [2.24, 2.45) is 10.9 Å². The number of guanidine groups is 1. The van der Waals surface area contributed by atoms with Gasteiger partial charge in [-0.05, 0) is 57.9 Å². The Bertz CT molecular complexity index is 489. The smallest absolute Gasteiger partial charge is 0.191 e. The number of aliphatic imine (C=N–C) groups is 1. The van der Waals surface area contributed by atoms with Crippen molar-refractivity contribution in [2.75, 3.05) is 13.6 Å². The van der Waals surface area contributed by atoms with E-state index in [1.807, 2.05) is 14.0 Å². The minimum atomic E-state index is 0. The minimum Gasteiger partial charge on any atom is -0.356 e. The lowest BCUT2D eigenvalue weighted by Crippen LogP contribution is -2.45. The highest BCUT2D eigenvalue weighted by atomic mass is 127. The molecule has 1 aliphatic carbocycles. The fourth-order valence-corrected chi connectivity index (χ4v) is 3.13. The first kappa shape index (κ1) is 20.3. The van der Waals surface area contributed by atoms with Crippen molar-refractivity contribution >= 4 is 29.9 Å². The second kappa shape index (κ2) is 10.2. The van der Waals surface area contributed by atoms with Crippen molar-refractivity contribution in [3.05, 3.63) is 17.5 Å². The zero-order chi connectivity index (χ0) is 15.9. The Hall–Kier alpha value is -0.790. The molecule has 0 amide bonds. The summed E-state index contributed by atoms with van der Waals surface area (Å²) in [5, 5.41) is 11.5. The summed E-state index contributed by atoms with van der Waals surface area (Å²) in [6, 6.07) is 2.70. The summed E-state index contributed by atoms with van der Waals surface area (Å²) in [5.41, 5.74) is 2.32. The number of hydrogen-bond acceptors (Lipinski definition) is 2. The van der Waals surface area contributed by atoms with Gasteiger partial charge in [-0.25, -0.2) is 0 Å². The van der Waals surface area contributed by atoms with Gasteiger partial charge in [0.25, 0.3) is 0 Å². The maximum Gasteiger partial charge on any atom is 0.191 e. The summed E-state index contributed by atoms with van der Waals surface area (Å²) in [4.78, 5) is 4.34. The van der Waals surface area contributed by atoms with E-state index in [4.69, 9.17) is 0 Å². The molecule has 0 radical (unpaired) electrons. The molecule has 0 spiro atoms. The van der Waals surface area contributed by atoms with Gasteiger partial charge >= 0.3 is 0 Å². The zero-order valence-electron chi connectivity index (χ0n) is 14.9. The van der Waals surface area contributed by atoms with Gasteiger partial charge in [-0.1, -0.05) is 6.92 Å². The summed E-state index contributed by atoms with van der Waals surface area (Å²) in [6.45, 7) is 8.37. The number of nitrogens with one attached hydrogen (secondary N) is 2. The van der Waals surface area contributed by atoms with Gasteiger partial charge in [0.15, 0.2) is 5.96 Å². The molecule has 6 heteroatoms. The van der Waals surface area contributed by atoms with Crippen LogP contribution in [0.3, 0.4) is 0 Å². The van der Waals surface area contributed by atoms with Crippen LogP contribution in [0.2, 0.25) is 0 Å². The molecule has 2 N–H and O–H groups in total. The molecule has 23 heavy (non-hydrogen) atoms. The van der Waals surface area contributed by atoms with Crippen molar-refractivity contribution in [3.8, 4) is 0 Å². The molecule has 1 fully saturated rings. The van der Waals surface area contributed by atoms with E-state index in [0.717, 1.165) is 37.1 Å². The molecule has 0 aliphatic heterocycles. The quantitative estimate of drug-likeness (QED) is 0.325. The van der Waals surface area contributed by atoms with Crippen LogP contribution in [0.1, 0.15) is 50.4 Å². The van der Waals surface area contributed by atoms with E-state index >= 15 is 0 Å². The SMILES string of the molecule is CN=C(NCCCn1nc(C)cc1C)NC1CCC(C)CC1.I. The van der Waals surface area contributed by atoms with Crippen molar-refractivity contribution in [1.82, 2.24) is 20.4 Å². The highest BCUT2D eigenvalue weighted by Gasteiger charge is 2.18. The van der Waals surface area contributed by atoms with E-state index in [1.165, 1.54) is 31.4 Å². The Morgan fingerprint density at radius 3 is 2.57 bits per heavy atom. The average molecular weight is 433 g/mol. The molecule has 0 bridgehead atoms. The van der Waals surface area contributed by atoms with E-state index in [-0.39, 0.29) is 24.0 Å². The number of hydrogen-bond donors (Lipinski definition) is 2. The summed E-state index contributed by atoms with van der Waals surface area (Å²) >= 11 is 0. The summed E-state index contributed by atoms with van der Waals surface area (Å²) in [6.07, 6.45) is 6.21. The third-order valence-corrected chi connectivity index (χ3v) is 4.52. The highest BCUT2D eigenvalue weighted by molar-refractivity contribution is 14.0. The molecule has 0 aromatic carbocycles. The molecule has 1 aliphatic rings. The van der Waals surface area contributed by atoms with Crippen molar-refractivity contribution < 1.29 is 0 Å². The molecule has 1 saturated carbocycles. The van der Waals surface area contributed by atoms with Gasteiger partial charge < -0.3 is 10.6 Å². The molecular weight excluding hydrogens is 401 g/mol. The fourth-order valence-electron chi connectivity index (χ4n) is 3.13. The predicted molar refractivity (Wildman–Crippen MR) is 108 cm³/mol. The van der Waals surface area contributed by atoms with Gasteiger partial charge in [0.2, 0.25) is 0 Å². The number of aryl methyl sites for hydroxylation is 3. The van der Waals surface area contributed by atoms with Crippen LogP contribution < -0.4 is 10.6 Å². The van der Waals surface area contributed by atoms with Crippen LogP contribution >= 0.6 is 24.0 Å². The zero-order valence-corrected chi connectivity index (χ0v) is 17.3. The van der Waals surface area contributed by atoms with Gasteiger partial charge in [-0.15, -0.1) is 24.0 Å². The van der Waals surface area contributed by atoms with Crippen LogP contribution in [-0.2, 0) is 6.54 Å². The third kappa shape index (κ3) is 6.69. The van der Waals surface area contributed by atoms with Crippen LogP contribution in [0.25, 0.3) is 0 Å². The Kier molecular flexibility index (Phi) is 8.94. The van der Waals surface area contributed by atoms with E-state index in [9.17, 15) is 0 Å². The molecule has 5 nitrogen and oxygen atoms in total. The van der Waals surface area contributed by atoms with Crippen LogP contribution in [0, 0.1) is 19.8 Å². The van der Waals surface area contributed by atoms with Crippen molar-refractivity contribution in [2.45, 2.75) is 65.5 Å². The van der Waals surface area contributed by atoms with Gasteiger partial charge in [-0.2, -0.15) is 5.10 Å². The lowest BCUT2D eigenvalue weighted by Gasteiger charge is -2.28. The maximum atomic E-state index is 4.49. The van der Waals surface area contributed by atoms with Gasteiger partial charge in [0.1, 0.15) is 0 Å². The fraction of sp³-hybridized carbons (Fsp3) is 0.765. The number of nitrogens with zero attached hydrogens (tertiary/aromatic N) is 3. The van der Waals surface area contributed by atoms with E-state index in [1.54, 1.807) is 0 Å². The number of rotatable bonds is 5.